The van der Waals surface area contributed by atoms with Gasteiger partial charge in [0, 0.05) is 31.5 Å². The van der Waals surface area contributed by atoms with Crippen molar-refractivity contribution in [1.29, 1.82) is 0 Å². The predicted octanol–water partition coefficient (Wildman–Crippen LogP) is 3.86. The minimum absolute atomic E-state index is 0.0717. The molecule has 1 fully saturated rings. The molecule has 11 heteroatoms. The van der Waals surface area contributed by atoms with Crippen LogP contribution < -0.4 is 20.3 Å². The molecule has 0 spiro atoms. The average Bonchev–Trinajstić information content (AvgIpc) is 3.66. The van der Waals surface area contributed by atoms with Crippen molar-refractivity contribution in [3.63, 3.8) is 0 Å². The Bertz CT molecular complexity index is 1530. The number of fused-ring (bicyclic) bond motifs is 1. The Morgan fingerprint density at radius 1 is 1.07 bits per heavy atom. The first-order valence-electron chi connectivity index (χ1n) is 14.0. The molecule has 5 rings (SSSR count). The van der Waals surface area contributed by atoms with Gasteiger partial charge >= 0.3 is 0 Å². The van der Waals surface area contributed by atoms with Crippen molar-refractivity contribution < 1.29 is 23.9 Å². The maximum atomic E-state index is 14.2. The number of nitrogens with one attached hydrogen (secondary N) is 2. The molecule has 0 radical (unpaired) electrons. The van der Waals surface area contributed by atoms with Crippen LogP contribution in [0.1, 0.15) is 38.3 Å². The topological polar surface area (TPSA) is 128 Å². The number of hydrogen-bond donors (Lipinski definition) is 2. The molecule has 4 aromatic rings. The van der Waals surface area contributed by atoms with Crippen LogP contribution in [-0.2, 0) is 25.7 Å². The summed E-state index contributed by atoms with van der Waals surface area (Å²) in [4.78, 5) is 41.2. The summed E-state index contributed by atoms with van der Waals surface area (Å²) in [5.41, 5.74) is 3.01. The molecule has 0 saturated carbocycles. The third kappa shape index (κ3) is 6.74. The first-order chi connectivity index (χ1) is 20.4. The van der Waals surface area contributed by atoms with E-state index >= 15 is 0 Å². The molecule has 2 heterocycles. The molecule has 2 N–H and O–H groups in total. The van der Waals surface area contributed by atoms with E-state index in [1.807, 2.05) is 31.2 Å². The number of ether oxygens (including phenoxy) is 2. The lowest BCUT2D eigenvalue weighted by molar-refractivity contribution is -0.127. The number of rotatable bonds is 11. The van der Waals surface area contributed by atoms with Crippen molar-refractivity contribution in [1.82, 2.24) is 20.3 Å². The molecule has 1 aliphatic rings. The zero-order chi connectivity index (χ0) is 29.5. The van der Waals surface area contributed by atoms with Crippen LogP contribution in [0.4, 0.5) is 11.4 Å². The standard InChI is InChI=1S/C31H34N6O5/c1-3-41-25-16-10-22(11-17-25)30(31(40)32-19-26-7-6-18-42-26)37(24-14-12-23(13-15-24)33-21(2)38)29(39)20-36-28-9-5-4-8-27(28)34-35-36/h4-5,8-17,26,30H,3,6-7,18-20H2,1-2H3,(H,32,40)(H,33,38)/t26-,30+/m0/s1. The molecule has 2 atom stereocenters. The monoisotopic (exact) mass is 570 g/mol. The lowest BCUT2D eigenvalue weighted by Crippen LogP contribution is -2.46. The summed E-state index contributed by atoms with van der Waals surface area (Å²) in [5, 5.41) is 14.1. The number of nitrogens with zero attached hydrogens (tertiary/aromatic N) is 4. The van der Waals surface area contributed by atoms with Crippen LogP contribution in [0.15, 0.2) is 72.8 Å². The van der Waals surface area contributed by atoms with Crippen molar-refractivity contribution in [2.24, 2.45) is 0 Å². The second kappa shape index (κ2) is 13.3. The summed E-state index contributed by atoms with van der Waals surface area (Å²) in [5.74, 6) is -0.276. The maximum Gasteiger partial charge on any atom is 0.249 e. The van der Waals surface area contributed by atoms with Crippen LogP contribution in [-0.4, -0.2) is 58.6 Å². The predicted molar refractivity (Wildman–Crippen MR) is 158 cm³/mol. The second-order valence-electron chi connectivity index (χ2n) is 10.0. The number of amides is 3. The third-order valence-electron chi connectivity index (χ3n) is 6.98. The Balaban J connectivity index is 1.54. The van der Waals surface area contributed by atoms with E-state index in [-0.39, 0.29) is 30.4 Å². The molecule has 218 valence electrons. The lowest BCUT2D eigenvalue weighted by Gasteiger charge is -2.32. The Hall–Kier alpha value is -4.77. The molecule has 3 amide bonds. The van der Waals surface area contributed by atoms with Crippen LogP contribution in [0.25, 0.3) is 11.0 Å². The highest BCUT2D eigenvalue weighted by Crippen LogP contribution is 2.31. The van der Waals surface area contributed by atoms with Crippen LogP contribution in [0, 0.1) is 0 Å². The van der Waals surface area contributed by atoms with E-state index in [0.717, 1.165) is 12.8 Å². The van der Waals surface area contributed by atoms with E-state index in [1.165, 1.54) is 16.5 Å². The van der Waals surface area contributed by atoms with Gasteiger partial charge in [0.25, 0.3) is 0 Å². The Kier molecular flexibility index (Phi) is 9.08. The highest BCUT2D eigenvalue weighted by molar-refractivity contribution is 6.02. The van der Waals surface area contributed by atoms with E-state index in [9.17, 15) is 14.4 Å². The Morgan fingerprint density at radius 3 is 2.52 bits per heavy atom. The van der Waals surface area contributed by atoms with Gasteiger partial charge < -0.3 is 20.1 Å². The summed E-state index contributed by atoms with van der Waals surface area (Å²) in [6.45, 7) is 4.67. The number of para-hydroxylation sites is 1. The summed E-state index contributed by atoms with van der Waals surface area (Å²) in [6, 6.07) is 20.3. The Morgan fingerprint density at radius 2 is 1.83 bits per heavy atom. The van der Waals surface area contributed by atoms with Crippen molar-refractivity contribution in [3.8, 4) is 5.75 Å². The smallest absolute Gasteiger partial charge is 0.249 e. The largest absolute Gasteiger partial charge is 0.494 e. The van der Waals surface area contributed by atoms with Gasteiger partial charge in [0.2, 0.25) is 17.7 Å². The molecular formula is C31H34N6O5. The molecule has 11 nitrogen and oxygen atoms in total. The molecule has 0 bridgehead atoms. The number of aromatic nitrogens is 3. The summed E-state index contributed by atoms with van der Waals surface area (Å²) in [7, 11) is 0. The first kappa shape index (κ1) is 28.7. The number of carbonyl (C=O) groups excluding carboxylic acids is 3. The fourth-order valence-corrected chi connectivity index (χ4v) is 5.03. The molecule has 42 heavy (non-hydrogen) atoms. The molecule has 1 aromatic heterocycles. The van der Waals surface area contributed by atoms with Crippen LogP contribution in [0.2, 0.25) is 0 Å². The van der Waals surface area contributed by atoms with Gasteiger partial charge in [0.1, 0.15) is 23.9 Å². The van der Waals surface area contributed by atoms with Gasteiger partial charge in [-0.3, -0.25) is 19.3 Å². The van der Waals surface area contributed by atoms with Crippen molar-refractivity contribution in [2.45, 2.75) is 45.4 Å². The molecule has 0 unspecified atom stereocenters. The first-order valence-corrected chi connectivity index (χ1v) is 14.0. The quantitative estimate of drug-likeness (QED) is 0.280. The number of anilines is 2. The van der Waals surface area contributed by atoms with Gasteiger partial charge in [-0.1, -0.05) is 29.5 Å². The van der Waals surface area contributed by atoms with Crippen molar-refractivity contribution in [2.75, 3.05) is 30.0 Å². The van der Waals surface area contributed by atoms with Crippen LogP contribution in [0.3, 0.4) is 0 Å². The van der Waals surface area contributed by atoms with Crippen molar-refractivity contribution >= 4 is 40.1 Å². The van der Waals surface area contributed by atoms with E-state index in [0.29, 0.717) is 53.5 Å². The molecule has 1 aliphatic heterocycles. The van der Waals surface area contributed by atoms with Crippen LogP contribution >= 0.6 is 0 Å². The number of carbonyl (C=O) groups is 3. The molecular weight excluding hydrogens is 536 g/mol. The van der Waals surface area contributed by atoms with Gasteiger partial charge in [-0.2, -0.15) is 0 Å². The summed E-state index contributed by atoms with van der Waals surface area (Å²) >= 11 is 0. The highest BCUT2D eigenvalue weighted by Gasteiger charge is 2.34. The Labute approximate surface area is 243 Å². The number of benzene rings is 3. The van der Waals surface area contributed by atoms with Gasteiger partial charge in [-0.05, 0) is 73.9 Å². The zero-order valence-electron chi connectivity index (χ0n) is 23.7. The van der Waals surface area contributed by atoms with Gasteiger partial charge in [0.15, 0.2) is 0 Å². The van der Waals surface area contributed by atoms with E-state index in [4.69, 9.17) is 9.47 Å². The third-order valence-corrected chi connectivity index (χ3v) is 6.98. The van der Waals surface area contributed by atoms with E-state index in [1.54, 1.807) is 48.5 Å². The molecule has 0 aliphatic carbocycles. The average molecular weight is 571 g/mol. The van der Waals surface area contributed by atoms with E-state index in [2.05, 4.69) is 20.9 Å². The summed E-state index contributed by atoms with van der Waals surface area (Å²) < 4.78 is 12.9. The SMILES string of the molecule is CCOc1ccc([C@H](C(=O)NC[C@@H]2CCCO2)N(C(=O)Cn2nnc3ccccc32)c2ccc(NC(C)=O)cc2)cc1. The van der Waals surface area contributed by atoms with E-state index < -0.39 is 6.04 Å². The lowest BCUT2D eigenvalue weighted by atomic mass is 10.0. The summed E-state index contributed by atoms with van der Waals surface area (Å²) in [6.07, 6.45) is 1.73. The maximum absolute atomic E-state index is 14.2. The minimum atomic E-state index is -1.02. The fourth-order valence-electron chi connectivity index (χ4n) is 5.03. The van der Waals surface area contributed by atoms with Crippen molar-refractivity contribution in [3.05, 3.63) is 78.4 Å². The molecule has 3 aromatic carbocycles. The minimum Gasteiger partial charge on any atom is -0.494 e. The zero-order valence-corrected chi connectivity index (χ0v) is 23.7. The fraction of sp³-hybridized carbons (Fsp3) is 0.323. The number of hydrogen-bond acceptors (Lipinski definition) is 7. The normalized spacial score (nSPS) is 15.2. The van der Waals surface area contributed by atoms with Gasteiger partial charge in [-0.15, -0.1) is 5.10 Å². The van der Waals surface area contributed by atoms with Gasteiger partial charge in [-0.25, -0.2) is 4.68 Å². The van der Waals surface area contributed by atoms with Gasteiger partial charge in [0.05, 0.1) is 18.2 Å². The highest BCUT2D eigenvalue weighted by atomic mass is 16.5. The second-order valence-corrected chi connectivity index (χ2v) is 10.0. The molecule has 1 saturated heterocycles. The van der Waals surface area contributed by atoms with Crippen LogP contribution in [0.5, 0.6) is 5.75 Å².